The van der Waals surface area contributed by atoms with Crippen LogP contribution in [-0.4, -0.2) is 15.0 Å². The Bertz CT molecular complexity index is 4070. The number of furan rings is 1. The summed E-state index contributed by atoms with van der Waals surface area (Å²) in [5, 5.41) is 1.33. The van der Waals surface area contributed by atoms with Crippen molar-refractivity contribution in [1.82, 2.24) is 15.0 Å². The molecule has 0 aliphatic carbocycles. The van der Waals surface area contributed by atoms with Crippen molar-refractivity contribution in [2.45, 2.75) is 0 Å². The molecule has 0 aliphatic heterocycles. The van der Waals surface area contributed by atoms with Crippen LogP contribution in [0.1, 0.15) is 19.2 Å². The topological polar surface area (TPSA) is 51.8 Å². The van der Waals surface area contributed by atoms with Crippen molar-refractivity contribution in [1.29, 1.82) is 0 Å². The fourth-order valence-corrected chi connectivity index (χ4v) is 7.93. The molecule has 0 fully saturated rings. The molecule has 3 aromatic heterocycles. The van der Waals surface area contributed by atoms with Crippen LogP contribution in [0.5, 0.6) is 0 Å². The Labute approximate surface area is 346 Å². The maximum atomic E-state index is 9.80. The van der Waals surface area contributed by atoms with Gasteiger partial charge in [-0.2, -0.15) is 0 Å². The number of nitrogens with zero attached hydrogens (tertiary/aromatic N) is 3. The first-order chi connectivity index (χ1) is 33.6. The standard InChI is InChI=1S/C51H31N3OS/c1-3-12-32(13-4-1)34-24-26-35(27-25-34)49-52-50(54-51(53-49)42-20-10-22-44-47(42)40-18-7-8-21-43(40)55-44)38-28-29-41-46(31-38)56-45-23-11-19-39(48(41)45)37-17-9-16-36(30-37)33-14-5-2-6-15-33/h1-31H/i2D,5D,6D,9D,11D,14D,16D,17D,19D,23D,28D,29D,30D,31D. The molecule has 56 heavy (non-hydrogen) atoms. The third-order valence-corrected chi connectivity index (χ3v) is 10.5. The Hall–Kier alpha value is -7.21. The summed E-state index contributed by atoms with van der Waals surface area (Å²) in [6.07, 6.45) is 0. The highest BCUT2D eigenvalue weighted by Gasteiger charge is 2.19. The smallest absolute Gasteiger partial charge is 0.164 e. The largest absolute Gasteiger partial charge is 0.456 e. The Kier molecular flexibility index (Phi) is 4.98. The highest BCUT2D eigenvalue weighted by atomic mass is 32.1. The first kappa shape index (κ1) is 21.0. The number of fused-ring (bicyclic) bond motifs is 6. The lowest BCUT2D eigenvalue weighted by atomic mass is 9.96. The van der Waals surface area contributed by atoms with Crippen LogP contribution >= 0.6 is 11.3 Å². The molecule has 0 saturated carbocycles. The molecule has 0 amide bonds. The monoisotopic (exact) mass is 747 g/mol. The van der Waals surface area contributed by atoms with Crippen LogP contribution < -0.4 is 0 Å². The molecule has 0 saturated heterocycles. The number of rotatable bonds is 6. The lowest BCUT2D eigenvalue weighted by molar-refractivity contribution is 0.669. The normalized spacial score (nSPS) is 15.1. The van der Waals surface area contributed by atoms with Gasteiger partial charge in [0.15, 0.2) is 17.5 Å². The second-order valence-corrected chi connectivity index (χ2v) is 13.9. The van der Waals surface area contributed by atoms with Crippen molar-refractivity contribution in [3.8, 4) is 67.5 Å². The number of aromatic nitrogens is 3. The fraction of sp³-hybridized carbons (Fsp3) is 0. The van der Waals surface area contributed by atoms with Crippen LogP contribution in [-0.2, 0) is 0 Å². The van der Waals surface area contributed by atoms with Gasteiger partial charge in [0.05, 0.1) is 19.2 Å². The van der Waals surface area contributed by atoms with Crippen LogP contribution in [0.4, 0.5) is 0 Å². The minimum Gasteiger partial charge on any atom is -0.456 e. The molecule has 5 heteroatoms. The average Bonchev–Trinajstić information content (AvgIpc) is 3.97. The number of hydrogen-bond acceptors (Lipinski definition) is 5. The highest BCUT2D eigenvalue weighted by Crippen LogP contribution is 2.42. The fourth-order valence-electron chi connectivity index (χ4n) is 6.90. The predicted octanol–water partition coefficient (Wildman–Crippen LogP) is 14.1. The Balaban J connectivity index is 1.19. The molecule has 0 unspecified atom stereocenters. The molecule has 262 valence electrons. The van der Waals surface area contributed by atoms with Crippen molar-refractivity contribution in [2.75, 3.05) is 0 Å². The third kappa shape index (κ3) is 5.56. The van der Waals surface area contributed by atoms with Gasteiger partial charge in [0.2, 0.25) is 0 Å². The van der Waals surface area contributed by atoms with Gasteiger partial charge >= 0.3 is 0 Å². The van der Waals surface area contributed by atoms with Gasteiger partial charge in [-0.15, -0.1) is 11.3 Å². The molecule has 11 aromatic rings. The van der Waals surface area contributed by atoms with E-state index in [1.807, 2.05) is 91.0 Å². The van der Waals surface area contributed by atoms with E-state index in [2.05, 4.69) is 0 Å². The van der Waals surface area contributed by atoms with Crippen LogP contribution in [0, 0.1) is 0 Å². The lowest BCUT2D eigenvalue weighted by Gasteiger charge is -2.10. The molecule has 3 heterocycles. The Morgan fingerprint density at radius 2 is 1.12 bits per heavy atom. The van der Waals surface area contributed by atoms with Crippen molar-refractivity contribution >= 4 is 53.4 Å². The number of hydrogen-bond donors (Lipinski definition) is 0. The van der Waals surface area contributed by atoms with Crippen molar-refractivity contribution in [3.63, 3.8) is 0 Å². The van der Waals surface area contributed by atoms with E-state index in [-0.39, 0.29) is 60.4 Å². The summed E-state index contributed by atoms with van der Waals surface area (Å²) in [6.45, 7) is 0. The zero-order chi connectivity index (χ0) is 49.2. The zero-order valence-corrected chi connectivity index (χ0v) is 29.8. The van der Waals surface area contributed by atoms with Crippen LogP contribution in [0.2, 0.25) is 0 Å². The number of para-hydroxylation sites is 1. The van der Waals surface area contributed by atoms with Crippen LogP contribution in [0.15, 0.2) is 192 Å². The summed E-state index contributed by atoms with van der Waals surface area (Å²) in [6, 6.07) is 23.2. The zero-order valence-electron chi connectivity index (χ0n) is 43.0. The number of benzene rings is 8. The molecule has 11 rings (SSSR count). The van der Waals surface area contributed by atoms with Gasteiger partial charge in [0.25, 0.3) is 0 Å². The molecular weight excluding hydrogens is 703 g/mol. The van der Waals surface area contributed by atoms with Gasteiger partial charge < -0.3 is 4.42 Å². The Morgan fingerprint density at radius 1 is 0.393 bits per heavy atom. The molecule has 0 radical (unpaired) electrons. The quantitative estimate of drug-likeness (QED) is 0.170. The molecule has 0 atom stereocenters. The summed E-state index contributed by atoms with van der Waals surface area (Å²) in [5.41, 5.74) is 2.63. The van der Waals surface area contributed by atoms with Gasteiger partial charge in [-0.3, -0.25) is 0 Å². The third-order valence-electron chi connectivity index (χ3n) is 9.52. The van der Waals surface area contributed by atoms with E-state index in [0.717, 1.165) is 39.3 Å². The van der Waals surface area contributed by atoms with E-state index in [1.165, 1.54) is 0 Å². The molecule has 0 N–H and O–H groups in total. The summed E-state index contributed by atoms with van der Waals surface area (Å²) < 4.78 is 132. The molecular formula is C51H31N3OS. The van der Waals surface area contributed by atoms with Gasteiger partial charge in [0.1, 0.15) is 11.2 Å². The van der Waals surface area contributed by atoms with Gasteiger partial charge in [-0.1, -0.05) is 157 Å². The van der Waals surface area contributed by atoms with Crippen LogP contribution in [0.25, 0.3) is 110 Å². The van der Waals surface area contributed by atoms with Crippen molar-refractivity contribution in [3.05, 3.63) is 188 Å². The van der Waals surface area contributed by atoms with Gasteiger partial charge in [-0.05, 0) is 63.6 Å². The summed E-state index contributed by atoms with van der Waals surface area (Å²) in [4.78, 5) is 14.8. The summed E-state index contributed by atoms with van der Waals surface area (Å²) in [7, 11) is 0. The minimum absolute atomic E-state index is 0.0120. The SMILES string of the molecule is [2H]c1cc(-c2c([2H])c([2H])c([2H])c(-c3c([2H])c([2H])c([2H])c4sc5c([2H])c(-c6nc(-c7ccc(-c8ccccc8)cc7)nc(-c7cccc8oc9ccccc9c78)n6)c([2H])c([2H])c5c34)c2[2H])c([2H])c([2H])c1[2H]. The molecule has 0 bridgehead atoms. The minimum atomic E-state index is -0.743. The van der Waals surface area contributed by atoms with E-state index in [0.29, 0.717) is 22.3 Å². The summed E-state index contributed by atoms with van der Waals surface area (Å²) in [5.74, 6) is 0.277. The first-order valence-electron chi connectivity index (χ1n) is 24.5. The second-order valence-electron chi connectivity index (χ2n) is 12.9. The number of thiophene rings is 1. The van der Waals surface area contributed by atoms with Crippen molar-refractivity contribution in [2.24, 2.45) is 0 Å². The second kappa shape index (κ2) is 13.3. The highest BCUT2D eigenvalue weighted by molar-refractivity contribution is 7.26. The maximum absolute atomic E-state index is 9.80. The molecule has 4 nitrogen and oxygen atoms in total. The summed E-state index contributed by atoms with van der Waals surface area (Å²) >= 11 is 0.839. The van der Waals surface area contributed by atoms with E-state index in [4.69, 9.17) is 31.7 Å². The van der Waals surface area contributed by atoms with E-state index < -0.39 is 89.7 Å². The lowest BCUT2D eigenvalue weighted by Crippen LogP contribution is -2.00. The molecule has 0 spiro atoms. The van der Waals surface area contributed by atoms with E-state index >= 15 is 0 Å². The molecule has 8 aromatic carbocycles. The average molecular weight is 748 g/mol. The van der Waals surface area contributed by atoms with Gasteiger partial charge in [0, 0.05) is 47.6 Å². The van der Waals surface area contributed by atoms with Gasteiger partial charge in [-0.25, -0.2) is 15.0 Å². The van der Waals surface area contributed by atoms with E-state index in [1.54, 1.807) is 6.07 Å². The van der Waals surface area contributed by atoms with Crippen molar-refractivity contribution < 1.29 is 23.6 Å². The first-order valence-corrected chi connectivity index (χ1v) is 18.4. The van der Waals surface area contributed by atoms with Crippen LogP contribution in [0.3, 0.4) is 0 Å². The maximum Gasteiger partial charge on any atom is 0.164 e. The Morgan fingerprint density at radius 3 is 2.04 bits per heavy atom. The predicted molar refractivity (Wildman–Crippen MR) is 233 cm³/mol. The van der Waals surface area contributed by atoms with E-state index in [9.17, 15) is 6.85 Å². The molecule has 0 aliphatic rings.